The van der Waals surface area contributed by atoms with Crippen LogP contribution in [0.25, 0.3) is 0 Å². The maximum Gasteiger partial charge on any atom is 0.314 e. The molecule has 1 atom stereocenters. The molecule has 2 aromatic carbocycles. The van der Waals surface area contributed by atoms with Gasteiger partial charge in [-0.15, -0.1) is 0 Å². The Kier molecular flexibility index (Phi) is 8.72. The van der Waals surface area contributed by atoms with Crippen molar-refractivity contribution in [1.82, 2.24) is 20.4 Å². The van der Waals surface area contributed by atoms with Crippen molar-refractivity contribution >= 4 is 6.03 Å². The molecule has 30 heavy (non-hydrogen) atoms. The number of likely N-dealkylation sites (N-methyl/N-ethyl adjacent to an activating group) is 1. The lowest BCUT2D eigenvalue weighted by molar-refractivity contribution is 0.138. The van der Waals surface area contributed by atoms with Crippen molar-refractivity contribution in [1.29, 1.82) is 0 Å². The van der Waals surface area contributed by atoms with E-state index in [0.717, 1.165) is 39.1 Å². The molecule has 1 unspecified atom stereocenters. The number of carbonyl (C=O) groups is 1. The molecule has 2 N–H and O–H groups in total. The summed E-state index contributed by atoms with van der Waals surface area (Å²) in [6, 6.07) is 21.0. The van der Waals surface area contributed by atoms with Crippen LogP contribution in [0.2, 0.25) is 0 Å². The number of piperazine rings is 1. The van der Waals surface area contributed by atoms with Gasteiger partial charge >= 0.3 is 6.03 Å². The van der Waals surface area contributed by atoms with Crippen molar-refractivity contribution < 1.29 is 4.79 Å². The molecule has 0 radical (unpaired) electrons. The lowest BCUT2D eigenvalue weighted by Crippen LogP contribution is -2.47. The number of carbonyl (C=O) groups excluding carboxylic acids is 1. The summed E-state index contributed by atoms with van der Waals surface area (Å²) in [5.41, 5.74) is 2.57. The molecule has 0 aromatic heterocycles. The standard InChI is InChI=1S/C25H36N4O/c1-21(20-29-17-15-28(2)16-18-29)19-27-25(30)26-14-13-24(22-9-5-3-6-10-22)23-11-7-4-8-12-23/h3-12,21,24H,13-20H2,1-2H3,(H2,26,27,30). The Bertz CT molecular complexity index is 705. The van der Waals surface area contributed by atoms with Gasteiger partial charge in [-0.1, -0.05) is 67.6 Å². The Morgan fingerprint density at radius 2 is 1.47 bits per heavy atom. The summed E-state index contributed by atoms with van der Waals surface area (Å²) in [6.45, 7) is 9.10. The van der Waals surface area contributed by atoms with E-state index in [2.05, 4.69) is 82.9 Å². The maximum atomic E-state index is 12.3. The first kappa shape index (κ1) is 22.3. The van der Waals surface area contributed by atoms with Crippen LogP contribution in [0.4, 0.5) is 4.79 Å². The Hall–Kier alpha value is -2.37. The number of amides is 2. The summed E-state index contributed by atoms with van der Waals surface area (Å²) in [5, 5.41) is 6.09. The second-order valence-electron chi connectivity index (χ2n) is 8.51. The topological polar surface area (TPSA) is 47.6 Å². The van der Waals surface area contributed by atoms with Crippen molar-refractivity contribution in [3.63, 3.8) is 0 Å². The molecule has 0 bridgehead atoms. The van der Waals surface area contributed by atoms with Crippen LogP contribution < -0.4 is 10.6 Å². The zero-order chi connectivity index (χ0) is 21.2. The first-order valence-corrected chi connectivity index (χ1v) is 11.1. The average Bonchev–Trinajstić information content (AvgIpc) is 2.78. The highest BCUT2D eigenvalue weighted by Gasteiger charge is 2.17. The lowest BCUT2D eigenvalue weighted by Gasteiger charge is -2.33. The van der Waals surface area contributed by atoms with E-state index in [-0.39, 0.29) is 11.9 Å². The summed E-state index contributed by atoms with van der Waals surface area (Å²) >= 11 is 0. The molecule has 1 fully saturated rings. The first-order valence-electron chi connectivity index (χ1n) is 11.1. The van der Waals surface area contributed by atoms with Crippen molar-refractivity contribution in [3.05, 3.63) is 71.8 Å². The number of hydrogen-bond donors (Lipinski definition) is 2. The summed E-state index contributed by atoms with van der Waals surface area (Å²) in [5.74, 6) is 0.726. The molecule has 2 aromatic rings. The van der Waals surface area contributed by atoms with E-state index >= 15 is 0 Å². The third-order valence-electron chi connectivity index (χ3n) is 5.90. The van der Waals surface area contributed by atoms with E-state index < -0.39 is 0 Å². The van der Waals surface area contributed by atoms with Gasteiger partial charge in [0.2, 0.25) is 0 Å². The maximum absolute atomic E-state index is 12.3. The highest BCUT2D eigenvalue weighted by atomic mass is 16.2. The molecule has 5 nitrogen and oxygen atoms in total. The minimum Gasteiger partial charge on any atom is -0.338 e. The molecule has 1 heterocycles. The molecular weight excluding hydrogens is 372 g/mol. The number of nitrogens with one attached hydrogen (secondary N) is 2. The van der Waals surface area contributed by atoms with Gasteiger partial charge in [-0.25, -0.2) is 4.79 Å². The van der Waals surface area contributed by atoms with Gasteiger partial charge in [-0.3, -0.25) is 0 Å². The monoisotopic (exact) mass is 408 g/mol. The largest absolute Gasteiger partial charge is 0.338 e. The van der Waals surface area contributed by atoms with E-state index in [1.165, 1.54) is 11.1 Å². The van der Waals surface area contributed by atoms with E-state index in [4.69, 9.17) is 0 Å². The highest BCUT2D eigenvalue weighted by molar-refractivity contribution is 5.73. The minimum absolute atomic E-state index is 0.0694. The van der Waals surface area contributed by atoms with Crippen LogP contribution in [-0.2, 0) is 0 Å². The average molecular weight is 409 g/mol. The van der Waals surface area contributed by atoms with Crippen molar-refractivity contribution in [2.75, 3.05) is 52.9 Å². The first-order chi connectivity index (χ1) is 14.6. The summed E-state index contributed by atoms with van der Waals surface area (Å²) < 4.78 is 0. The number of rotatable bonds is 9. The third-order valence-corrected chi connectivity index (χ3v) is 5.90. The van der Waals surface area contributed by atoms with Crippen LogP contribution in [0.3, 0.4) is 0 Å². The van der Waals surface area contributed by atoms with Gasteiger partial charge in [0.05, 0.1) is 0 Å². The van der Waals surface area contributed by atoms with Crippen molar-refractivity contribution in [3.8, 4) is 0 Å². The van der Waals surface area contributed by atoms with E-state index in [9.17, 15) is 4.79 Å². The molecular formula is C25H36N4O. The quantitative estimate of drug-likeness (QED) is 0.669. The predicted octanol–water partition coefficient (Wildman–Crippen LogP) is 3.39. The smallest absolute Gasteiger partial charge is 0.314 e. The van der Waals surface area contributed by atoms with Crippen LogP contribution in [0.1, 0.15) is 30.4 Å². The van der Waals surface area contributed by atoms with Crippen LogP contribution in [-0.4, -0.2) is 68.7 Å². The molecule has 0 aliphatic carbocycles. The molecule has 0 spiro atoms. The Balaban J connectivity index is 1.41. The number of benzene rings is 2. The second-order valence-corrected chi connectivity index (χ2v) is 8.51. The Morgan fingerprint density at radius 1 is 0.900 bits per heavy atom. The van der Waals surface area contributed by atoms with Gasteiger partial charge in [-0.05, 0) is 30.5 Å². The second kappa shape index (κ2) is 11.7. The van der Waals surface area contributed by atoms with Gasteiger partial charge in [-0.2, -0.15) is 0 Å². The zero-order valence-corrected chi connectivity index (χ0v) is 18.4. The van der Waals surface area contributed by atoms with Crippen molar-refractivity contribution in [2.45, 2.75) is 19.3 Å². The van der Waals surface area contributed by atoms with E-state index in [1.54, 1.807) is 0 Å². The zero-order valence-electron chi connectivity index (χ0n) is 18.4. The van der Waals surface area contributed by atoms with Gasteiger partial charge in [0.15, 0.2) is 0 Å². The highest BCUT2D eigenvalue weighted by Crippen LogP contribution is 2.27. The number of nitrogens with zero attached hydrogens (tertiary/aromatic N) is 2. The number of urea groups is 1. The molecule has 1 aliphatic rings. The normalized spacial score (nSPS) is 16.4. The summed E-state index contributed by atoms with van der Waals surface area (Å²) in [4.78, 5) is 17.2. The van der Waals surface area contributed by atoms with Gasteiger partial charge < -0.3 is 20.4 Å². The lowest BCUT2D eigenvalue weighted by atomic mass is 9.88. The molecule has 162 valence electrons. The summed E-state index contributed by atoms with van der Waals surface area (Å²) in [7, 11) is 2.17. The molecule has 0 saturated carbocycles. The molecule has 5 heteroatoms. The molecule has 2 amide bonds. The fourth-order valence-corrected chi connectivity index (χ4v) is 4.09. The van der Waals surface area contributed by atoms with Crippen LogP contribution >= 0.6 is 0 Å². The minimum atomic E-state index is -0.0694. The predicted molar refractivity (Wildman–Crippen MR) is 124 cm³/mol. The Labute approximate surface area is 181 Å². The Morgan fingerprint density at radius 3 is 2.03 bits per heavy atom. The SMILES string of the molecule is CC(CNC(=O)NCCC(c1ccccc1)c1ccccc1)CN1CCN(C)CC1. The van der Waals surface area contributed by atoms with E-state index in [1.807, 2.05) is 12.1 Å². The molecule has 3 rings (SSSR count). The summed E-state index contributed by atoms with van der Waals surface area (Å²) in [6.07, 6.45) is 0.873. The number of hydrogen-bond acceptors (Lipinski definition) is 3. The molecule has 1 saturated heterocycles. The van der Waals surface area contributed by atoms with Crippen LogP contribution in [0, 0.1) is 5.92 Å². The van der Waals surface area contributed by atoms with Gasteiger partial charge in [0, 0.05) is 51.7 Å². The van der Waals surface area contributed by atoms with Crippen LogP contribution in [0.15, 0.2) is 60.7 Å². The van der Waals surface area contributed by atoms with Gasteiger partial charge in [0.1, 0.15) is 0 Å². The fraction of sp³-hybridized carbons (Fsp3) is 0.480. The van der Waals surface area contributed by atoms with E-state index in [0.29, 0.717) is 19.0 Å². The molecule has 1 aliphatic heterocycles. The fourth-order valence-electron chi connectivity index (χ4n) is 4.09. The van der Waals surface area contributed by atoms with Gasteiger partial charge in [0.25, 0.3) is 0 Å². The van der Waals surface area contributed by atoms with Crippen molar-refractivity contribution in [2.24, 2.45) is 5.92 Å². The van der Waals surface area contributed by atoms with Crippen LogP contribution in [0.5, 0.6) is 0 Å². The third kappa shape index (κ3) is 7.15.